The van der Waals surface area contributed by atoms with Crippen LogP contribution in [0.1, 0.15) is 19.8 Å². The van der Waals surface area contributed by atoms with E-state index in [9.17, 15) is 9.18 Å². The number of carbonyl (C=O) groups excluding carboxylic acids is 1. The molecule has 1 atom stereocenters. The van der Waals surface area contributed by atoms with Crippen LogP contribution < -0.4 is 11.1 Å². The summed E-state index contributed by atoms with van der Waals surface area (Å²) in [5.74, 6) is -0.946. The van der Waals surface area contributed by atoms with Gasteiger partial charge in [-0.25, -0.2) is 4.39 Å². The lowest BCUT2D eigenvalue weighted by Gasteiger charge is -2.13. The van der Waals surface area contributed by atoms with Crippen LogP contribution in [0.15, 0.2) is 12.1 Å². The maximum absolute atomic E-state index is 12.9. The molecule has 0 heterocycles. The number of hydrogen-bond acceptors (Lipinski definition) is 2. The van der Waals surface area contributed by atoms with Gasteiger partial charge in [0, 0.05) is 0 Å². The van der Waals surface area contributed by atoms with Crippen molar-refractivity contribution in [1.82, 2.24) is 0 Å². The fraction of sp³-hybridized carbons (Fsp3) is 0.364. The van der Waals surface area contributed by atoms with Crippen LogP contribution in [0.4, 0.5) is 10.1 Å². The van der Waals surface area contributed by atoms with Gasteiger partial charge in [0.1, 0.15) is 5.82 Å². The maximum Gasteiger partial charge on any atom is 0.241 e. The summed E-state index contributed by atoms with van der Waals surface area (Å²) in [5, 5.41) is 2.59. The molecule has 0 aliphatic rings. The van der Waals surface area contributed by atoms with Gasteiger partial charge in [-0.3, -0.25) is 4.79 Å². The SMILES string of the molecule is CCC[C@H](N)C(=O)Nc1c(Cl)cc(F)cc1Cl. The minimum atomic E-state index is -0.628. The highest BCUT2D eigenvalue weighted by atomic mass is 35.5. The zero-order valence-electron chi connectivity index (χ0n) is 9.27. The summed E-state index contributed by atoms with van der Waals surface area (Å²) < 4.78 is 12.9. The van der Waals surface area contributed by atoms with Crippen LogP contribution in [-0.4, -0.2) is 11.9 Å². The van der Waals surface area contributed by atoms with Crippen molar-refractivity contribution in [3.63, 3.8) is 0 Å². The molecule has 1 rings (SSSR count). The Morgan fingerprint density at radius 1 is 1.47 bits per heavy atom. The van der Waals surface area contributed by atoms with E-state index in [0.29, 0.717) is 6.42 Å². The van der Waals surface area contributed by atoms with Crippen LogP contribution in [0.3, 0.4) is 0 Å². The molecule has 0 bridgehead atoms. The third-order valence-electron chi connectivity index (χ3n) is 2.19. The molecule has 0 aromatic heterocycles. The monoisotopic (exact) mass is 278 g/mol. The number of nitrogens with one attached hydrogen (secondary N) is 1. The highest BCUT2D eigenvalue weighted by Gasteiger charge is 2.16. The first-order valence-corrected chi connectivity index (χ1v) is 5.92. The zero-order chi connectivity index (χ0) is 13.0. The molecule has 0 radical (unpaired) electrons. The van der Waals surface area contributed by atoms with Gasteiger partial charge in [0.25, 0.3) is 0 Å². The second-order valence-electron chi connectivity index (χ2n) is 3.63. The van der Waals surface area contributed by atoms with Crippen LogP contribution in [0.25, 0.3) is 0 Å². The molecule has 1 aromatic rings. The Labute approximate surface area is 109 Å². The lowest BCUT2D eigenvalue weighted by molar-refractivity contribution is -0.117. The Balaban J connectivity index is 2.85. The van der Waals surface area contributed by atoms with Gasteiger partial charge >= 0.3 is 0 Å². The zero-order valence-corrected chi connectivity index (χ0v) is 10.8. The number of carbonyl (C=O) groups is 1. The second kappa shape index (κ2) is 6.19. The molecule has 0 aliphatic heterocycles. The summed E-state index contributed by atoms with van der Waals surface area (Å²) in [6, 6.07) is 1.53. The van der Waals surface area contributed by atoms with E-state index in [4.69, 9.17) is 28.9 Å². The Morgan fingerprint density at radius 2 is 2.00 bits per heavy atom. The third kappa shape index (κ3) is 3.84. The van der Waals surface area contributed by atoms with Gasteiger partial charge in [0.05, 0.1) is 21.8 Å². The molecule has 0 aliphatic carbocycles. The number of anilines is 1. The van der Waals surface area contributed by atoms with Crippen molar-refractivity contribution in [3.8, 4) is 0 Å². The summed E-state index contributed by atoms with van der Waals surface area (Å²) in [4.78, 5) is 11.6. The van der Waals surface area contributed by atoms with Crippen molar-refractivity contribution in [2.24, 2.45) is 5.73 Å². The van der Waals surface area contributed by atoms with Crippen molar-refractivity contribution in [1.29, 1.82) is 0 Å². The van der Waals surface area contributed by atoms with E-state index >= 15 is 0 Å². The van der Waals surface area contributed by atoms with Gasteiger partial charge in [-0.2, -0.15) is 0 Å². The summed E-state index contributed by atoms with van der Waals surface area (Å²) in [5.41, 5.74) is 5.82. The largest absolute Gasteiger partial charge is 0.322 e. The third-order valence-corrected chi connectivity index (χ3v) is 2.79. The molecule has 0 saturated carbocycles. The molecule has 1 amide bonds. The van der Waals surface area contributed by atoms with Gasteiger partial charge in [0.15, 0.2) is 0 Å². The summed E-state index contributed by atoms with van der Waals surface area (Å²) in [6.45, 7) is 1.92. The quantitative estimate of drug-likeness (QED) is 0.889. The van der Waals surface area contributed by atoms with E-state index in [1.165, 1.54) is 0 Å². The van der Waals surface area contributed by atoms with E-state index in [1.807, 2.05) is 6.92 Å². The van der Waals surface area contributed by atoms with Gasteiger partial charge in [0.2, 0.25) is 5.91 Å². The van der Waals surface area contributed by atoms with E-state index in [2.05, 4.69) is 5.32 Å². The minimum Gasteiger partial charge on any atom is -0.322 e. The first-order valence-electron chi connectivity index (χ1n) is 5.16. The average Bonchev–Trinajstić information content (AvgIpc) is 2.23. The van der Waals surface area contributed by atoms with Crippen molar-refractivity contribution >= 4 is 34.8 Å². The van der Waals surface area contributed by atoms with Crippen LogP contribution in [0.5, 0.6) is 0 Å². The summed E-state index contributed by atoms with van der Waals surface area (Å²) in [6.07, 6.45) is 1.35. The molecule has 17 heavy (non-hydrogen) atoms. The van der Waals surface area contributed by atoms with Crippen molar-refractivity contribution < 1.29 is 9.18 Å². The van der Waals surface area contributed by atoms with Crippen LogP contribution in [-0.2, 0) is 4.79 Å². The average molecular weight is 279 g/mol. The number of benzene rings is 1. The molecule has 0 saturated heterocycles. The smallest absolute Gasteiger partial charge is 0.241 e. The van der Waals surface area contributed by atoms with E-state index < -0.39 is 11.9 Å². The van der Waals surface area contributed by atoms with E-state index in [1.54, 1.807) is 0 Å². The van der Waals surface area contributed by atoms with E-state index in [0.717, 1.165) is 18.6 Å². The second-order valence-corrected chi connectivity index (χ2v) is 4.44. The van der Waals surface area contributed by atoms with Gasteiger partial charge in [-0.1, -0.05) is 36.5 Å². The van der Waals surface area contributed by atoms with Crippen molar-refractivity contribution in [3.05, 3.63) is 28.0 Å². The highest BCUT2D eigenvalue weighted by molar-refractivity contribution is 6.39. The molecular weight excluding hydrogens is 266 g/mol. The van der Waals surface area contributed by atoms with E-state index in [-0.39, 0.29) is 21.6 Å². The van der Waals surface area contributed by atoms with Crippen molar-refractivity contribution in [2.75, 3.05) is 5.32 Å². The first kappa shape index (κ1) is 14.2. The van der Waals surface area contributed by atoms with Crippen LogP contribution >= 0.6 is 23.2 Å². The fourth-order valence-electron chi connectivity index (χ4n) is 1.32. The molecule has 1 aromatic carbocycles. The highest BCUT2D eigenvalue weighted by Crippen LogP contribution is 2.31. The topological polar surface area (TPSA) is 55.1 Å². The number of rotatable bonds is 4. The predicted octanol–water partition coefficient (Wildman–Crippen LogP) is 3.20. The minimum absolute atomic E-state index is 0.0482. The Hall–Kier alpha value is -0.840. The Morgan fingerprint density at radius 3 is 2.47 bits per heavy atom. The standard InChI is InChI=1S/C11H13Cl2FN2O/c1-2-3-9(15)11(17)16-10-7(12)4-6(14)5-8(10)13/h4-5,9H,2-3,15H2,1H3,(H,16,17)/t9-/m0/s1. The number of halogens is 3. The van der Waals surface area contributed by atoms with Gasteiger partial charge in [-0.05, 0) is 18.6 Å². The normalized spacial score (nSPS) is 12.3. The first-order chi connectivity index (χ1) is 7.95. The summed E-state index contributed by atoms with van der Waals surface area (Å²) >= 11 is 11.6. The molecule has 3 N–H and O–H groups in total. The van der Waals surface area contributed by atoms with Crippen molar-refractivity contribution in [2.45, 2.75) is 25.8 Å². The number of amides is 1. The van der Waals surface area contributed by atoms with Gasteiger partial charge in [-0.15, -0.1) is 0 Å². The maximum atomic E-state index is 12.9. The number of nitrogens with two attached hydrogens (primary N) is 1. The molecule has 0 fully saturated rings. The summed E-state index contributed by atoms with van der Waals surface area (Å²) in [7, 11) is 0. The predicted molar refractivity (Wildman–Crippen MR) is 67.9 cm³/mol. The molecule has 6 heteroatoms. The molecule has 3 nitrogen and oxygen atoms in total. The van der Waals surface area contributed by atoms with Crippen LogP contribution in [0, 0.1) is 5.82 Å². The molecule has 0 spiro atoms. The Kier molecular flexibility index (Phi) is 5.18. The lowest BCUT2D eigenvalue weighted by Crippen LogP contribution is -2.35. The lowest BCUT2D eigenvalue weighted by atomic mass is 10.1. The molecule has 94 valence electrons. The number of hydrogen-bond donors (Lipinski definition) is 2. The van der Waals surface area contributed by atoms with Crippen LogP contribution in [0.2, 0.25) is 10.0 Å². The molecular formula is C11H13Cl2FN2O. The van der Waals surface area contributed by atoms with Gasteiger partial charge < -0.3 is 11.1 Å². The Bertz CT molecular complexity index is 403. The molecule has 0 unspecified atom stereocenters. The fourth-order valence-corrected chi connectivity index (χ4v) is 1.87.